The number of amidine groups is 1. The number of amides is 3. The van der Waals surface area contributed by atoms with Crippen LogP contribution in [0.15, 0.2) is 59.6 Å². The molecule has 0 aliphatic carbocycles. The molecule has 0 fully saturated rings. The van der Waals surface area contributed by atoms with Crippen molar-refractivity contribution >= 4 is 29.7 Å². The third-order valence-corrected chi connectivity index (χ3v) is 8.63. The molecule has 1 aliphatic heterocycles. The molecular weight excluding hydrogens is 654 g/mol. The van der Waals surface area contributed by atoms with Crippen molar-refractivity contribution in [2.24, 2.45) is 10.7 Å². The highest BCUT2D eigenvalue weighted by atomic mass is 16.6. The maximum absolute atomic E-state index is 14.9. The number of hydrogen-bond acceptors (Lipinski definition) is 9. The molecule has 1 aliphatic rings. The number of ether oxygens (including phenoxy) is 3. The highest BCUT2D eigenvalue weighted by Crippen LogP contribution is 2.29. The molecule has 5 N–H and O–H groups in total. The van der Waals surface area contributed by atoms with E-state index in [2.05, 4.69) is 10.6 Å². The van der Waals surface area contributed by atoms with Crippen molar-refractivity contribution in [1.82, 2.24) is 15.5 Å². The van der Waals surface area contributed by atoms with Gasteiger partial charge in [-0.15, -0.1) is 0 Å². The number of nitrogens with zero attached hydrogens (tertiary/aromatic N) is 2. The number of aryl methyl sites for hydroxylation is 2. The molecule has 13 nitrogen and oxygen atoms in total. The van der Waals surface area contributed by atoms with Crippen LogP contribution in [0.5, 0.6) is 11.5 Å². The Morgan fingerprint density at radius 3 is 2.25 bits per heavy atom. The quantitative estimate of drug-likeness (QED) is 0.196. The molecule has 51 heavy (non-hydrogen) atoms. The van der Waals surface area contributed by atoms with Crippen LogP contribution >= 0.6 is 0 Å². The zero-order valence-electron chi connectivity index (χ0n) is 30.3. The summed E-state index contributed by atoms with van der Waals surface area (Å²) in [6, 6.07) is 13.3. The Bertz CT molecular complexity index is 1810. The van der Waals surface area contributed by atoms with E-state index in [1.54, 1.807) is 62.1 Å². The molecule has 0 saturated heterocycles. The molecule has 3 atom stereocenters. The van der Waals surface area contributed by atoms with Gasteiger partial charge in [0.2, 0.25) is 11.8 Å². The smallest absolute Gasteiger partial charge is 0.408 e. The lowest BCUT2D eigenvalue weighted by Crippen LogP contribution is -2.55. The summed E-state index contributed by atoms with van der Waals surface area (Å²) in [6.45, 7) is 11.1. The summed E-state index contributed by atoms with van der Waals surface area (Å²) >= 11 is 0. The largest absolute Gasteiger partial charge is 0.493 e. The summed E-state index contributed by atoms with van der Waals surface area (Å²) in [4.78, 5) is 58.1. The van der Waals surface area contributed by atoms with Crippen molar-refractivity contribution in [2.75, 3.05) is 20.8 Å². The number of carbonyl (C=O) groups is 4. The Hall–Kier alpha value is -5.59. The summed E-state index contributed by atoms with van der Waals surface area (Å²) in [5.41, 5.74) is 8.94. The molecule has 272 valence electrons. The number of carbonyl (C=O) groups excluding carboxylic acids is 3. The molecule has 1 unspecified atom stereocenters. The van der Waals surface area contributed by atoms with E-state index >= 15 is 0 Å². The first-order chi connectivity index (χ1) is 24.0. The maximum Gasteiger partial charge on any atom is 0.408 e. The highest BCUT2D eigenvalue weighted by Gasteiger charge is 2.35. The van der Waals surface area contributed by atoms with Crippen molar-refractivity contribution < 1.29 is 38.5 Å². The summed E-state index contributed by atoms with van der Waals surface area (Å²) < 4.78 is 16.5. The van der Waals surface area contributed by atoms with E-state index in [4.69, 9.17) is 24.9 Å². The normalized spacial score (nSPS) is 15.1. The lowest BCUT2D eigenvalue weighted by molar-refractivity contribution is -0.135. The summed E-state index contributed by atoms with van der Waals surface area (Å²) in [6.07, 6.45) is -0.674. The van der Waals surface area contributed by atoms with Crippen LogP contribution in [0.4, 0.5) is 4.79 Å². The predicted molar refractivity (Wildman–Crippen MR) is 192 cm³/mol. The second-order valence-corrected chi connectivity index (χ2v) is 13.5. The van der Waals surface area contributed by atoms with Crippen molar-refractivity contribution in [3.8, 4) is 11.5 Å². The molecule has 4 rings (SSSR count). The molecule has 3 aromatic carbocycles. The van der Waals surface area contributed by atoms with Gasteiger partial charge in [-0.05, 0) is 106 Å². The van der Waals surface area contributed by atoms with Crippen LogP contribution < -0.4 is 25.8 Å². The standard InChI is InChI=1S/C38H47N5O8/c1-21-14-27(33(39)44)15-22(2)28(21)18-29(42-37(48)51-38(4,5)6)35(45)43(20-24-12-13-31(49-7)32(16-24)50-8)23(3)34-40-19-30(41-34)25-10-9-11-26(17-25)36(46)47/h9-17,23,29-30H,18-20H2,1-8H3,(H2,39,44)(H,40,41)(H,42,48)(H,46,47)/t23-,29-,30?/m0/s1. The van der Waals surface area contributed by atoms with E-state index in [-0.39, 0.29) is 24.6 Å². The van der Waals surface area contributed by atoms with Gasteiger partial charge in [-0.1, -0.05) is 18.2 Å². The zero-order valence-corrected chi connectivity index (χ0v) is 30.3. The lowest BCUT2D eigenvalue weighted by Gasteiger charge is -2.34. The first-order valence-corrected chi connectivity index (χ1v) is 16.6. The van der Waals surface area contributed by atoms with E-state index in [0.29, 0.717) is 29.4 Å². The minimum Gasteiger partial charge on any atom is -0.493 e. The number of nitrogens with one attached hydrogen (secondary N) is 2. The number of alkyl carbamates (subject to hydrolysis) is 1. The Labute approximate surface area is 298 Å². The van der Waals surface area contributed by atoms with Crippen molar-refractivity contribution in [2.45, 2.75) is 78.2 Å². The maximum atomic E-state index is 14.9. The molecule has 0 aromatic heterocycles. The fraction of sp³-hybridized carbons (Fsp3) is 0.395. The van der Waals surface area contributed by atoms with Gasteiger partial charge in [0, 0.05) is 18.5 Å². The average molecular weight is 702 g/mol. The van der Waals surface area contributed by atoms with Gasteiger partial charge in [-0.3, -0.25) is 14.6 Å². The number of carboxylic acid groups (broad SMARTS) is 1. The van der Waals surface area contributed by atoms with Gasteiger partial charge in [0.15, 0.2) is 11.5 Å². The molecular formula is C38H47N5O8. The second kappa shape index (κ2) is 16.0. The van der Waals surface area contributed by atoms with Gasteiger partial charge in [0.25, 0.3) is 0 Å². The number of aromatic carboxylic acids is 1. The van der Waals surface area contributed by atoms with Crippen molar-refractivity contribution in [3.63, 3.8) is 0 Å². The number of methoxy groups -OCH3 is 2. The van der Waals surface area contributed by atoms with Crippen LogP contribution in [0.25, 0.3) is 0 Å². The molecule has 0 saturated carbocycles. The van der Waals surface area contributed by atoms with E-state index in [1.807, 2.05) is 32.9 Å². The zero-order chi connectivity index (χ0) is 37.6. The van der Waals surface area contributed by atoms with Crippen LogP contribution in [0.3, 0.4) is 0 Å². The molecule has 0 bridgehead atoms. The second-order valence-electron chi connectivity index (χ2n) is 13.5. The Balaban J connectivity index is 1.74. The van der Waals surface area contributed by atoms with E-state index < -0.39 is 41.6 Å². The fourth-order valence-electron chi connectivity index (χ4n) is 6.03. The minimum absolute atomic E-state index is 0.0917. The van der Waals surface area contributed by atoms with E-state index in [9.17, 15) is 24.3 Å². The first kappa shape index (κ1) is 38.2. The van der Waals surface area contributed by atoms with Crippen LogP contribution in [-0.2, 0) is 22.5 Å². The van der Waals surface area contributed by atoms with Crippen molar-refractivity contribution in [3.05, 3.63) is 93.5 Å². The predicted octanol–water partition coefficient (Wildman–Crippen LogP) is 4.71. The number of carboxylic acids is 1. The summed E-state index contributed by atoms with van der Waals surface area (Å²) in [7, 11) is 3.06. The number of hydrogen-bond donors (Lipinski definition) is 4. The first-order valence-electron chi connectivity index (χ1n) is 16.6. The molecule has 3 amide bonds. The fourth-order valence-corrected chi connectivity index (χ4v) is 6.03. The van der Waals surface area contributed by atoms with E-state index in [0.717, 1.165) is 27.8 Å². The SMILES string of the molecule is COc1ccc(CN(C(=O)[C@H](Cc2c(C)cc(C(N)=O)cc2C)NC(=O)OC(C)(C)C)[C@@H](C)C2=NCC(c3cccc(C(=O)O)c3)N2)cc1OC. The van der Waals surface area contributed by atoms with Gasteiger partial charge < -0.3 is 40.6 Å². The molecule has 13 heteroatoms. The third-order valence-electron chi connectivity index (χ3n) is 8.63. The number of nitrogens with two attached hydrogens (primary N) is 1. The minimum atomic E-state index is -1.09. The topological polar surface area (TPSA) is 182 Å². The third kappa shape index (κ3) is 9.56. The van der Waals surface area contributed by atoms with Crippen LogP contribution in [0.2, 0.25) is 0 Å². The lowest BCUT2D eigenvalue weighted by atomic mass is 9.93. The highest BCUT2D eigenvalue weighted by molar-refractivity contribution is 5.95. The Kier molecular flexibility index (Phi) is 12.0. The Morgan fingerprint density at radius 1 is 1.00 bits per heavy atom. The van der Waals surface area contributed by atoms with Gasteiger partial charge >= 0.3 is 12.1 Å². The molecule has 3 aromatic rings. The van der Waals surface area contributed by atoms with Gasteiger partial charge in [0.05, 0.1) is 38.4 Å². The number of primary amides is 1. The van der Waals surface area contributed by atoms with Gasteiger partial charge in [-0.25, -0.2) is 9.59 Å². The number of aliphatic imine (C=N–C) groups is 1. The number of rotatable bonds is 13. The van der Waals surface area contributed by atoms with E-state index in [1.165, 1.54) is 20.3 Å². The van der Waals surface area contributed by atoms with Crippen LogP contribution in [0, 0.1) is 13.8 Å². The molecule has 0 radical (unpaired) electrons. The Morgan fingerprint density at radius 2 is 1.67 bits per heavy atom. The monoisotopic (exact) mass is 701 g/mol. The van der Waals surface area contributed by atoms with Crippen LogP contribution in [-0.4, -0.2) is 78.2 Å². The molecule has 1 heterocycles. The van der Waals surface area contributed by atoms with Gasteiger partial charge in [0.1, 0.15) is 17.5 Å². The van der Waals surface area contributed by atoms with Crippen molar-refractivity contribution in [1.29, 1.82) is 0 Å². The number of benzene rings is 3. The van der Waals surface area contributed by atoms with Crippen LogP contribution in [0.1, 0.15) is 82.3 Å². The molecule has 0 spiro atoms. The summed E-state index contributed by atoms with van der Waals surface area (Å²) in [5, 5.41) is 15.7. The van der Waals surface area contributed by atoms with Gasteiger partial charge in [-0.2, -0.15) is 0 Å². The average Bonchev–Trinajstić information content (AvgIpc) is 3.57. The summed E-state index contributed by atoms with van der Waals surface area (Å²) in [5.74, 6) is -0.496.